The zero-order valence-corrected chi connectivity index (χ0v) is 81.6. The number of rotatable bonds is 70. The van der Waals surface area contributed by atoms with Crippen molar-refractivity contribution < 1.29 is 131 Å². The molecule has 147 heavy (non-hydrogen) atoms. The topological polar surface area (TPSA) is 933 Å². The molecule has 0 fully saturated rings. The lowest BCUT2D eigenvalue weighted by atomic mass is 9.99. The Morgan fingerprint density at radius 3 is 0.694 bits per heavy atom. The zero-order chi connectivity index (χ0) is 109. The Kier molecular flexibility index (Phi) is 49.3. The Labute approximate surface area is 839 Å². The number of aromatic nitrogens is 12. The number of aromatic amines is 6. The molecule has 6 aromatic rings. The lowest BCUT2D eigenvalue weighted by molar-refractivity contribution is -0.143. The number of nitrogens with two attached hydrogens (primary N) is 4. The number of hydrogen-bond acceptors (Lipinski definition) is 30. The van der Waals surface area contributed by atoms with Crippen LogP contribution in [0.4, 0.5) is 0 Å². The Hall–Kier alpha value is -16.5. The standard InChI is InChI=1S/C89H131N31O27/c1-43(2)21-59(81(138)109-58(14-19-73(129)130)80(137)120-67(89(146)147)23-45(5)6)114-82(139)60(22-44(3)4)113-79(136)57(13-18-72(127)128)108-76(133)54(10-15-68(92)121)107-78(135)56(12-17-71(125)126)111-88(145)66(30-69(93)122)119-75(132)53(9-7-8-20-90)106-77(134)55(11-16-70(123)124)110-83(140)62(26-48-33-96-39-102-48)115-85(142)64(28-50-35-98-41-104-50)117-87(144)65(29-51-36-99-42-105-51)118-86(143)63(27-49-34-97-40-103-49)116-84(141)61(25-47-32-95-38-101-47)112-74(131)52(91)24-46-31-94-37-100-46/h31-45,52-67H,7-30,90-91H2,1-6H3,(H2,92,121)(H2,93,122)(H,94,100)(H,95,101)(H,96,102)(H,97,103)(H,98,104)(H,99,105)(H,106,134)(H,107,135)(H,108,133)(H,109,138)(H,110,140)(H,111,145)(H,112,131)(H,113,136)(H,114,139)(H,115,142)(H,116,141)(H,117,144)(H,118,143)(H,119,132)(H,120,137)(H,123,124)(H,125,126)(H,127,128)(H,129,130)(H,146,147)/t52-,53-,54-,55-,56-,57-,58-,59-,60-,61-,62-,63-,64-,65-,66-,67-/m0/s1. The summed E-state index contributed by atoms with van der Waals surface area (Å²) in [6, 6.07) is -27.8. The Balaban J connectivity index is 1.24. The molecule has 0 saturated heterocycles. The van der Waals surface area contributed by atoms with Crippen molar-refractivity contribution in [1.29, 1.82) is 0 Å². The van der Waals surface area contributed by atoms with Crippen LogP contribution in [-0.4, -0.2) is 319 Å². The third kappa shape index (κ3) is 43.7. The number of unbranched alkanes of at least 4 members (excludes halogenated alkanes) is 1. The third-order valence-electron chi connectivity index (χ3n) is 22.4. The number of carbonyl (C=O) groups excluding carboxylic acids is 17. The van der Waals surface area contributed by atoms with Crippen molar-refractivity contribution >= 4 is 130 Å². The fourth-order valence-electron chi connectivity index (χ4n) is 14.9. The highest BCUT2D eigenvalue weighted by atomic mass is 16.4. The van der Waals surface area contributed by atoms with Crippen LogP contribution in [0.2, 0.25) is 0 Å². The number of aliphatic carboxylic acids is 5. The monoisotopic (exact) mass is 2070 g/mol. The molecular formula is C89H131N31O27. The van der Waals surface area contributed by atoms with Gasteiger partial charge in [-0.3, -0.25) is 101 Å². The lowest BCUT2D eigenvalue weighted by Crippen LogP contribution is -2.62. The second-order valence-electron chi connectivity index (χ2n) is 36.0. The van der Waals surface area contributed by atoms with E-state index in [0.29, 0.717) is 11.4 Å². The van der Waals surface area contributed by atoms with Crippen LogP contribution in [0.25, 0.3) is 0 Å². The Morgan fingerprint density at radius 1 is 0.259 bits per heavy atom. The molecule has 0 aromatic carbocycles. The smallest absolute Gasteiger partial charge is 0.326 e. The van der Waals surface area contributed by atoms with E-state index in [-0.39, 0.29) is 93.0 Å². The normalized spacial score (nSPS) is 14.5. The molecule has 0 aliphatic rings. The highest BCUT2D eigenvalue weighted by Crippen LogP contribution is 2.18. The van der Waals surface area contributed by atoms with E-state index in [9.17, 15) is 117 Å². The summed E-state index contributed by atoms with van der Waals surface area (Å²) >= 11 is 0. The van der Waals surface area contributed by atoms with Crippen molar-refractivity contribution in [3.8, 4) is 0 Å². The molecule has 0 spiro atoms. The average Bonchev–Trinajstić information content (AvgIpc) is 1.80. The van der Waals surface area contributed by atoms with E-state index in [0.717, 1.165) is 0 Å². The Bertz CT molecular complexity index is 5370. The van der Waals surface area contributed by atoms with Crippen molar-refractivity contribution in [2.75, 3.05) is 6.54 Å². The summed E-state index contributed by atoms with van der Waals surface area (Å²) in [5, 5.41) is 85.7. The van der Waals surface area contributed by atoms with Gasteiger partial charge in [0.05, 0.1) is 84.6 Å². The van der Waals surface area contributed by atoms with Gasteiger partial charge >= 0.3 is 29.8 Å². The summed E-state index contributed by atoms with van der Waals surface area (Å²) in [5.41, 5.74) is 24.6. The molecule has 0 unspecified atom stereocenters. The van der Waals surface area contributed by atoms with E-state index in [1.165, 1.54) is 75.1 Å². The maximum Gasteiger partial charge on any atom is 0.326 e. The Morgan fingerprint density at radius 2 is 0.463 bits per heavy atom. The van der Waals surface area contributed by atoms with E-state index in [1.807, 2.05) is 0 Å². The van der Waals surface area contributed by atoms with E-state index in [2.05, 4.69) is 140 Å². The molecule has 17 amide bonds. The fourth-order valence-corrected chi connectivity index (χ4v) is 14.9. The second kappa shape index (κ2) is 60.8. The number of imidazole rings is 6. The minimum Gasteiger partial charge on any atom is -0.481 e. The van der Waals surface area contributed by atoms with Crippen LogP contribution < -0.4 is 103 Å². The van der Waals surface area contributed by atoms with Crippen molar-refractivity contribution in [2.45, 2.75) is 286 Å². The molecule has 0 radical (unpaired) electrons. The molecule has 804 valence electrons. The van der Waals surface area contributed by atoms with E-state index >= 15 is 14.4 Å². The molecule has 0 aliphatic heterocycles. The van der Waals surface area contributed by atoms with Crippen molar-refractivity contribution in [1.82, 2.24) is 140 Å². The minimum absolute atomic E-state index is 0.0150. The summed E-state index contributed by atoms with van der Waals surface area (Å²) in [7, 11) is 0. The molecule has 0 bridgehead atoms. The van der Waals surface area contributed by atoms with Gasteiger partial charge in [0.15, 0.2) is 0 Å². The third-order valence-corrected chi connectivity index (χ3v) is 22.4. The number of carbonyl (C=O) groups is 22. The predicted octanol–water partition coefficient (Wildman–Crippen LogP) is -7.67. The maximum absolute atomic E-state index is 15.1. The van der Waals surface area contributed by atoms with Gasteiger partial charge in [-0.1, -0.05) is 41.5 Å². The van der Waals surface area contributed by atoms with Gasteiger partial charge in [0.2, 0.25) is 100 Å². The van der Waals surface area contributed by atoms with Gasteiger partial charge in [-0.2, -0.15) is 0 Å². The summed E-state index contributed by atoms with van der Waals surface area (Å²) in [4.78, 5) is 346. The summed E-state index contributed by atoms with van der Waals surface area (Å²) in [6.45, 7) is 9.87. The van der Waals surface area contributed by atoms with Gasteiger partial charge in [-0.15, -0.1) is 0 Å². The number of nitrogens with one attached hydrogen (secondary N) is 21. The largest absolute Gasteiger partial charge is 0.481 e. The van der Waals surface area contributed by atoms with E-state index in [1.54, 1.807) is 41.5 Å². The molecule has 58 heteroatoms. The number of H-pyrrole nitrogens is 6. The second-order valence-corrected chi connectivity index (χ2v) is 36.0. The number of primary amides is 2. The summed E-state index contributed by atoms with van der Waals surface area (Å²) in [6.07, 6.45) is 4.62. The highest BCUT2D eigenvalue weighted by molar-refractivity contribution is 6.02. The van der Waals surface area contributed by atoms with Crippen LogP contribution in [0.3, 0.4) is 0 Å². The van der Waals surface area contributed by atoms with Crippen LogP contribution in [0.15, 0.2) is 75.1 Å². The SMILES string of the molecule is CC(C)C[C@H](NC(=O)[C@H](CCC(=O)O)NC(=O)[C@H](CC(C)C)NC(=O)[C@H](CC(C)C)NC(=O)[C@H](CCC(=O)O)NC(=O)[C@H](CCC(N)=O)NC(=O)[C@H](CCC(=O)O)NC(=O)[C@H](CC(N)=O)NC(=O)[C@H](CCCCN)NC(=O)[C@H](CCC(=O)O)NC(=O)[C@H](Cc1c[nH]cn1)NC(=O)[C@H](Cc1c[nH]cn1)NC(=O)[C@H](Cc1c[nH]cn1)NC(=O)[C@H](Cc1c[nH]cn1)NC(=O)[C@H](Cc1c[nH]cn1)NC(=O)[C@@H](N)Cc1c[nH]cn1)C(=O)O. The predicted molar refractivity (Wildman–Crippen MR) is 509 cm³/mol. The first-order chi connectivity index (χ1) is 69.6. The minimum atomic E-state index is -2.17. The van der Waals surface area contributed by atoms with Crippen molar-refractivity contribution in [2.24, 2.45) is 40.7 Å². The van der Waals surface area contributed by atoms with Gasteiger partial charge < -0.3 is 158 Å². The van der Waals surface area contributed by atoms with Crippen LogP contribution in [0.1, 0.15) is 185 Å². The number of amides is 17. The number of nitrogens with zero attached hydrogens (tertiary/aromatic N) is 6. The zero-order valence-electron chi connectivity index (χ0n) is 81.6. The first kappa shape index (κ1) is 119. The van der Waals surface area contributed by atoms with Gasteiger partial charge in [0.25, 0.3) is 0 Å². The van der Waals surface area contributed by atoms with Crippen LogP contribution >= 0.6 is 0 Å². The number of carboxylic acid groups (broad SMARTS) is 5. The maximum atomic E-state index is 15.1. The molecule has 0 saturated carbocycles. The van der Waals surface area contributed by atoms with E-state index < -0.39 is 329 Å². The van der Waals surface area contributed by atoms with Gasteiger partial charge in [0.1, 0.15) is 90.6 Å². The van der Waals surface area contributed by atoms with Crippen molar-refractivity contribution in [3.05, 3.63) is 109 Å². The summed E-state index contributed by atoms with van der Waals surface area (Å²) < 4.78 is 0. The molecule has 6 rings (SSSR count). The molecule has 16 atom stereocenters. The fraction of sp³-hybridized carbons (Fsp3) is 0.551. The summed E-state index contributed by atoms with van der Waals surface area (Å²) in [5.74, 6) is -28.4. The number of hydrogen-bond donors (Lipinski definition) is 30. The molecule has 34 N–H and O–H groups in total. The number of carboxylic acids is 5. The lowest BCUT2D eigenvalue weighted by Gasteiger charge is -2.29. The van der Waals surface area contributed by atoms with Crippen LogP contribution in [0, 0.1) is 17.8 Å². The first-order valence-corrected chi connectivity index (χ1v) is 47.2. The van der Waals surface area contributed by atoms with Gasteiger partial charge in [0, 0.05) is 108 Å². The highest BCUT2D eigenvalue weighted by Gasteiger charge is 2.42. The molecule has 58 nitrogen and oxygen atoms in total. The van der Waals surface area contributed by atoms with E-state index in [4.69, 9.17) is 22.9 Å². The molecule has 6 heterocycles. The molecule has 0 aliphatic carbocycles. The van der Waals surface area contributed by atoms with Gasteiger partial charge in [-0.25, -0.2) is 34.7 Å². The quantitative estimate of drug-likeness (QED) is 0.0158. The average molecular weight is 2070 g/mol. The van der Waals surface area contributed by atoms with Crippen LogP contribution in [0.5, 0.6) is 0 Å². The first-order valence-electron chi connectivity index (χ1n) is 47.2. The van der Waals surface area contributed by atoms with Gasteiger partial charge in [-0.05, 0) is 94.9 Å². The molecule has 6 aromatic heterocycles. The van der Waals surface area contributed by atoms with Crippen molar-refractivity contribution in [3.63, 3.8) is 0 Å². The molecular weight excluding hydrogens is 1940 g/mol. The van der Waals surface area contributed by atoms with Crippen LogP contribution in [-0.2, 0) is 144 Å².